The molecule has 1 aliphatic carbocycles. The average molecular weight is 419 g/mol. The highest BCUT2D eigenvalue weighted by molar-refractivity contribution is 5.87. The number of nitrogens with two attached hydrogens (primary N) is 1. The van der Waals surface area contributed by atoms with Crippen molar-refractivity contribution in [2.24, 2.45) is 11.7 Å². The molecule has 8 nitrogen and oxygen atoms in total. The molecule has 2 N–H and O–H groups in total. The van der Waals surface area contributed by atoms with E-state index in [9.17, 15) is 14.9 Å². The molecule has 8 heteroatoms. The predicted octanol–water partition coefficient (Wildman–Crippen LogP) is 1.42. The van der Waals surface area contributed by atoms with Crippen molar-refractivity contribution in [3.8, 4) is 6.07 Å². The Morgan fingerprint density at radius 1 is 1.32 bits per heavy atom. The Balaban J connectivity index is 1.23. The molecule has 3 heterocycles. The van der Waals surface area contributed by atoms with Crippen molar-refractivity contribution in [2.75, 3.05) is 13.1 Å². The summed E-state index contributed by atoms with van der Waals surface area (Å²) in [5, 5.41) is 9.35. The molecule has 1 aromatic rings. The Labute approximate surface area is 182 Å². The van der Waals surface area contributed by atoms with Crippen LogP contribution in [0.15, 0.2) is 24.3 Å². The van der Waals surface area contributed by atoms with E-state index < -0.39 is 6.04 Å². The standard InChI is InChI=1S/C23H26N6O2/c1-13(14-3-5-16(26-2)6-4-14)28-18-9-21(23(28)31)27(11-18)12-19(25)22(30)29-17(10-24)7-15-8-20(15)29/h3-6,13,15,17-21H,7-9,11-12,25H2,1H3/t13-,15+,17-,18?,19-,20-,21+/m0/s1. The van der Waals surface area contributed by atoms with E-state index in [0.29, 0.717) is 24.7 Å². The number of nitrogens with zero attached hydrogens (tertiary/aromatic N) is 5. The highest BCUT2D eigenvalue weighted by atomic mass is 16.2. The Morgan fingerprint density at radius 3 is 2.71 bits per heavy atom. The molecular weight excluding hydrogens is 392 g/mol. The first kappa shape index (κ1) is 20.0. The van der Waals surface area contributed by atoms with Crippen molar-refractivity contribution < 1.29 is 9.59 Å². The van der Waals surface area contributed by atoms with Crippen LogP contribution < -0.4 is 5.73 Å². The number of nitriles is 1. The summed E-state index contributed by atoms with van der Waals surface area (Å²) in [4.78, 5) is 35.2. The largest absolute Gasteiger partial charge is 0.330 e. The molecule has 160 valence electrons. The molecule has 2 amide bonds. The van der Waals surface area contributed by atoms with Crippen molar-refractivity contribution in [3.63, 3.8) is 0 Å². The number of hydrogen-bond acceptors (Lipinski definition) is 5. The summed E-state index contributed by atoms with van der Waals surface area (Å²) in [7, 11) is 0. The van der Waals surface area contributed by atoms with Gasteiger partial charge in [0, 0.05) is 25.2 Å². The summed E-state index contributed by atoms with van der Waals surface area (Å²) in [6, 6.07) is 8.54. The van der Waals surface area contributed by atoms with Gasteiger partial charge in [-0.15, -0.1) is 0 Å². The van der Waals surface area contributed by atoms with Crippen LogP contribution >= 0.6 is 0 Å². The summed E-state index contributed by atoms with van der Waals surface area (Å²) < 4.78 is 0. The molecule has 31 heavy (non-hydrogen) atoms. The second-order valence-corrected chi connectivity index (χ2v) is 9.28. The van der Waals surface area contributed by atoms with Crippen molar-refractivity contribution in [1.29, 1.82) is 5.26 Å². The lowest BCUT2D eigenvalue weighted by Crippen LogP contribution is -2.57. The van der Waals surface area contributed by atoms with Gasteiger partial charge in [-0.1, -0.05) is 24.3 Å². The van der Waals surface area contributed by atoms with E-state index in [1.165, 1.54) is 0 Å². The Hall–Kier alpha value is -2.94. The van der Waals surface area contributed by atoms with Crippen LogP contribution in [0.4, 0.5) is 5.69 Å². The van der Waals surface area contributed by atoms with Crippen molar-refractivity contribution in [3.05, 3.63) is 41.2 Å². The van der Waals surface area contributed by atoms with Crippen LogP contribution in [-0.2, 0) is 9.59 Å². The number of hydrogen-bond donors (Lipinski definition) is 1. The molecule has 4 aliphatic rings. The first-order valence-electron chi connectivity index (χ1n) is 10.9. The lowest BCUT2D eigenvalue weighted by molar-refractivity contribution is -0.141. The average Bonchev–Trinajstić information content (AvgIpc) is 3.11. The van der Waals surface area contributed by atoms with Gasteiger partial charge in [-0.3, -0.25) is 14.5 Å². The van der Waals surface area contributed by atoms with Crippen LogP contribution in [-0.4, -0.2) is 69.8 Å². The third-order valence-corrected chi connectivity index (χ3v) is 7.49. The van der Waals surface area contributed by atoms with Crippen LogP contribution in [0.1, 0.15) is 37.8 Å². The SMILES string of the molecule is [C-]#[N+]c1ccc([C@H](C)N2C(=O)[C@H]3CC2CN3C[C@H](N)C(=O)N2[C@H](C#N)C[C@@H]3C[C@@H]32)cc1. The fraction of sp³-hybridized carbons (Fsp3) is 0.565. The summed E-state index contributed by atoms with van der Waals surface area (Å²) in [5.41, 5.74) is 7.88. The topological polar surface area (TPSA) is 98.0 Å². The third-order valence-electron chi connectivity index (χ3n) is 7.49. The van der Waals surface area contributed by atoms with E-state index in [2.05, 4.69) is 10.9 Å². The monoisotopic (exact) mass is 418 g/mol. The van der Waals surface area contributed by atoms with Crippen molar-refractivity contribution >= 4 is 17.5 Å². The highest BCUT2D eigenvalue weighted by Gasteiger charge is 2.56. The predicted molar refractivity (Wildman–Crippen MR) is 112 cm³/mol. The molecule has 1 aromatic carbocycles. The molecule has 0 spiro atoms. The van der Waals surface area contributed by atoms with Crippen LogP contribution in [0.25, 0.3) is 4.85 Å². The lowest BCUT2D eigenvalue weighted by atomic mass is 10.0. The van der Waals surface area contributed by atoms with E-state index >= 15 is 0 Å². The van der Waals surface area contributed by atoms with Crippen LogP contribution in [0.5, 0.6) is 0 Å². The maximum Gasteiger partial charge on any atom is 0.242 e. The fourth-order valence-corrected chi connectivity index (χ4v) is 5.80. The van der Waals surface area contributed by atoms with Crippen LogP contribution in [0, 0.1) is 23.8 Å². The number of rotatable bonds is 5. The van der Waals surface area contributed by atoms with Crippen LogP contribution in [0.2, 0.25) is 0 Å². The zero-order chi connectivity index (χ0) is 21.9. The third kappa shape index (κ3) is 3.18. The minimum atomic E-state index is -0.714. The molecule has 0 radical (unpaired) electrons. The minimum absolute atomic E-state index is 0.0625. The molecular formula is C23H26N6O2. The first-order chi connectivity index (χ1) is 14.9. The number of benzene rings is 1. The normalized spacial score (nSPS) is 33.0. The number of piperidine rings is 1. The number of carbonyl (C=O) groups excluding carboxylic acids is 2. The second-order valence-electron chi connectivity index (χ2n) is 9.28. The highest BCUT2D eigenvalue weighted by Crippen LogP contribution is 2.48. The van der Waals surface area contributed by atoms with Crippen molar-refractivity contribution in [2.45, 2.75) is 62.4 Å². The van der Waals surface area contributed by atoms with Gasteiger partial charge < -0.3 is 15.5 Å². The Kier molecular flexibility index (Phi) is 4.73. The smallest absolute Gasteiger partial charge is 0.242 e. The van der Waals surface area contributed by atoms with E-state index in [0.717, 1.165) is 24.8 Å². The summed E-state index contributed by atoms with van der Waals surface area (Å²) >= 11 is 0. The molecule has 3 saturated heterocycles. The van der Waals surface area contributed by atoms with Crippen LogP contribution in [0.3, 0.4) is 0 Å². The van der Waals surface area contributed by atoms with Gasteiger partial charge in [0.2, 0.25) is 11.8 Å². The summed E-state index contributed by atoms with van der Waals surface area (Å²) in [6.07, 6.45) is 2.49. The summed E-state index contributed by atoms with van der Waals surface area (Å²) in [6.45, 7) is 10.2. The molecule has 7 atom stereocenters. The Morgan fingerprint density at radius 2 is 2.06 bits per heavy atom. The van der Waals surface area contributed by atoms with Crippen molar-refractivity contribution in [1.82, 2.24) is 14.7 Å². The molecule has 5 rings (SSSR count). The second kappa shape index (κ2) is 7.33. The minimum Gasteiger partial charge on any atom is -0.330 e. The van der Waals surface area contributed by atoms with E-state index in [1.54, 1.807) is 17.0 Å². The quantitative estimate of drug-likeness (QED) is 0.730. The number of fused-ring (bicyclic) bond motifs is 3. The lowest BCUT2D eigenvalue weighted by Gasteiger charge is -2.38. The maximum absolute atomic E-state index is 13.1. The number of amides is 2. The van der Waals surface area contributed by atoms with E-state index in [4.69, 9.17) is 12.3 Å². The van der Waals surface area contributed by atoms with Gasteiger partial charge in [0.15, 0.2) is 5.69 Å². The molecule has 1 saturated carbocycles. The molecule has 1 unspecified atom stereocenters. The molecule has 3 aliphatic heterocycles. The first-order valence-corrected chi connectivity index (χ1v) is 10.9. The van der Waals surface area contributed by atoms with Gasteiger partial charge in [-0.05, 0) is 37.7 Å². The zero-order valence-electron chi connectivity index (χ0n) is 17.5. The van der Waals surface area contributed by atoms with Gasteiger partial charge in [0.1, 0.15) is 6.04 Å². The maximum atomic E-state index is 13.1. The summed E-state index contributed by atoms with van der Waals surface area (Å²) in [5.74, 6) is 0.386. The van der Waals surface area contributed by atoms with Gasteiger partial charge in [-0.2, -0.15) is 5.26 Å². The van der Waals surface area contributed by atoms with E-state index in [1.807, 2.05) is 28.9 Å². The Bertz CT molecular complexity index is 995. The molecule has 2 bridgehead atoms. The van der Waals surface area contributed by atoms with Gasteiger partial charge in [0.05, 0.1) is 30.8 Å². The number of carbonyl (C=O) groups is 2. The number of piperazine rings is 1. The zero-order valence-corrected chi connectivity index (χ0v) is 17.5. The molecule has 4 fully saturated rings. The van der Waals surface area contributed by atoms with E-state index in [-0.39, 0.29) is 42.0 Å². The van der Waals surface area contributed by atoms with Gasteiger partial charge in [0.25, 0.3) is 0 Å². The van der Waals surface area contributed by atoms with Gasteiger partial charge >= 0.3 is 0 Å². The molecule has 0 aromatic heterocycles. The fourth-order valence-electron chi connectivity index (χ4n) is 5.80. The van der Waals surface area contributed by atoms with Gasteiger partial charge in [-0.25, -0.2) is 4.85 Å². The number of likely N-dealkylation sites (tertiary alicyclic amines) is 3.